The fourth-order valence-electron chi connectivity index (χ4n) is 2.34. The van der Waals surface area contributed by atoms with Crippen LogP contribution in [-0.4, -0.2) is 27.2 Å². The smallest absolute Gasteiger partial charge is 0.267 e. The first-order chi connectivity index (χ1) is 13.4. The molecule has 28 heavy (non-hydrogen) atoms. The molecule has 2 N–H and O–H groups in total. The van der Waals surface area contributed by atoms with Gasteiger partial charge in [0.05, 0.1) is 32.7 Å². The number of nitriles is 1. The molecular weight excluding hydrogens is 382 g/mol. The van der Waals surface area contributed by atoms with E-state index in [0.29, 0.717) is 33.6 Å². The molecule has 8 heteroatoms. The van der Waals surface area contributed by atoms with Gasteiger partial charge in [-0.05, 0) is 30.7 Å². The largest absolute Gasteiger partial charge is 0.497 e. The van der Waals surface area contributed by atoms with Crippen LogP contribution in [0.15, 0.2) is 42.1 Å². The molecule has 0 bridgehead atoms. The Bertz CT molecular complexity index is 951. The van der Waals surface area contributed by atoms with E-state index in [1.807, 2.05) is 13.0 Å². The third-order valence-corrected chi connectivity index (χ3v) is 4.28. The molecule has 0 aliphatic rings. The van der Waals surface area contributed by atoms with E-state index in [-0.39, 0.29) is 5.57 Å². The predicted octanol–water partition coefficient (Wildman–Crippen LogP) is 4.13. The molecule has 2 aromatic rings. The van der Waals surface area contributed by atoms with Crippen LogP contribution in [0.3, 0.4) is 0 Å². The van der Waals surface area contributed by atoms with Crippen LogP contribution >= 0.6 is 11.6 Å². The lowest BCUT2D eigenvalue weighted by molar-refractivity contribution is -0.112. The van der Waals surface area contributed by atoms with Crippen molar-refractivity contribution in [3.8, 4) is 23.3 Å². The number of aryl methyl sites for hydroxylation is 1. The predicted molar refractivity (Wildman–Crippen MR) is 108 cm³/mol. The first kappa shape index (κ1) is 20.9. The lowest BCUT2D eigenvalue weighted by Gasteiger charge is -2.12. The molecule has 0 saturated heterocycles. The normalized spacial score (nSPS) is 10.6. The SMILES string of the molecule is COc1ccc(OC)c(NC(=O)/C(C#N)=C\Nc2cc(C)c(Cl)cc2OC)c1. The zero-order valence-electron chi connectivity index (χ0n) is 15.9. The topological polar surface area (TPSA) is 92.6 Å². The van der Waals surface area contributed by atoms with E-state index in [9.17, 15) is 10.1 Å². The summed E-state index contributed by atoms with van der Waals surface area (Å²) in [5.74, 6) is 0.859. The molecule has 0 aliphatic carbocycles. The molecule has 0 atom stereocenters. The molecule has 0 saturated carbocycles. The van der Waals surface area contributed by atoms with Crippen LogP contribution in [0.4, 0.5) is 11.4 Å². The molecule has 7 nitrogen and oxygen atoms in total. The summed E-state index contributed by atoms with van der Waals surface area (Å²) >= 11 is 6.09. The van der Waals surface area contributed by atoms with E-state index in [0.717, 1.165) is 5.56 Å². The minimum atomic E-state index is -0.605. The minimum Gasteiger partial charge on any atom is -0.497 e. The highest BCUT2D eigenvalue weighted by Gasteiger charge is 2.14. The van der Waals surface area contributed by atoms with Crippen molar-refractivity contribution in [1.29, 1.82) is 5.26 Å². The molecule has 0 heterocycles. The van der Waals surface area contributed by atoms with Gasteiger partial charge in [-0.3, -0.25) is 4.79 Å². The molecular formula is C20H20ClN3O4. The van der Waals surface area contributed by atoms with Gasteiger partial charge in [-0.25, -0.2) is 0 Å². The van der Waals surface area contributed by atoms with Gasteiger partial charge in [-0.15, -0.1) is 0 Å². The number of ether oxygens (including phenoxy) is 3. The fourth-order valence-corrected chi connectivity index (χ4v) is 2.50. The highest BCUT2D eigenvalue weighted by Crippen LogP contribution is 2.31. The number of anilines is 2. The summed E-state index contributed by atoms with van der Waals surface area (Å²) in [5.41, 5.74) is 1.64. The van der Waals surface area contributed by atoms with Gasteiger partial charge in [0.15, 0.2) is 0 Å². The maximum absolute atomic E-state index is 12.5. The Morgan fingerprint density at radius 2 is 1.79 bits per heavy atom. The first-order valence-electron chi connectivity index (χ1n) is 8.17. The number of nitrogens with one attached hydrogen (secondary N) is 2. The lowest BCUT2D eigenvalue weighted by atomic mass is 10.2. The van der Waals surface area contributed by atoms with Crippen LogP contribution in [0.5, 0.6) is 17.2 Å². The molecule has 0 radical (unpaired) electrons. The number of carbonyl (C=O) groups excluding carboxylic acids is 1. The van der Waals surface area contributed by atoms with E-state index in [1.54, 1.807) is 30.3 Å². The van der Waals surface area contributed by atoms with E-state index >= 15 is 0 Å². The Hall–Kier alpha value is -3.37. The van der Waals surface area contributed by atoms with Crippen molar-refractivity contribution in [3.63, 3.8) is 0 Å². The zero-order chi connectivity index (χ0) is 20.7. The summed E-state index contributed by atoms with van der Waals surface area (Å²) in [6.07, 6.45) is 1.30. The molecule has 0 spiro atoms. The first-order valence-corrected chi connectivity index (χ1v) is 8.55. The van der Waals surface area contributed by atoms with E-state index in [4.69, 9.17) is 25.8 Å². The van der Waals surface area contributed by atoms with Crippen molar-refractivity contribution >= 4 is 28.9 Å². The molecule has 1 amide bonds. The Morgan fingerprint density at radius 3 is 2.39 bits per heavy atom. The number of benzene rings is 2. The van der Waals surface area contributed by atoms with Crippen LogP contribution in [-0.2, 0) is 4.79 Å². The van der Waals surface area contributed by atoms with Crippen molar-refractivity contribution in [3.05, 3.63) is 52.7 Å². The van der Waals surface area contributed by atoms with Gasteiger partial charge in [0, 0.05) is 23.4 Å². The Morgan fingerprint density at radius 1 is 1.07 bits per heavy atom. The highest BCUT2D eigenvalue weighted by atomic mass is 35.5. The van der Waals surface area contributed by atoms with Gasteiger partial charge in [0.25, 0.3) is 5.91 Å². The maximum atomic E-state index is 12.5. The number of methoxy groups -OCH3 is 3. The van der Waals surface area contributed by atoms with Gasteiger partial charge >= 0.3 is 0 Å². The van der Waals surface area contributed by atoms with Crippen molar-refractivity contribution in [2.45, 2.75) is 6.92 Å². The van der Waals surface area contributed by atoms with Crippen LogP contribution < -0.4 is 24.8 Å². The average molecular weight is 402 g/mol. The van der Waals surface area contributed by atoms with E-state index in [1.165, 1.54) is 27.5 Å². The van der Waals surface area contributed by atoms with Crippen molar-refractivity contribution < 1.29 is 19.0 Å². The molecule has 0 fully saturated rings. The molecule has 146 valence electrons. The van der Waals surface area contributed by atoms with Gasteiger partial charge in [0.2, 0.25) is 0 Å². The molecule has 2 rings (SSSR count). The Balaban J connectivity index is 2.25. The van der Waals surface area contributed by atoms with Crippen LogP contribution in [0, 0.1) is 18.3 Å². The maximum Gasteiger partial charge on any atom is 0.267 e. The number of carbonyl (C=O) groups is 1. The minimum absolute atomic E-state index is 0.139. The van der Waals surface area contributed by atoms with Crippen molar-refractivity contribution in [2.75, 3.05) is 32.0 Å². The summed E-state index contributed by atoms with van der Waals surface area (Å²) in [6, 6.07) is 10.2. The molecule has 0 unspecified atom stereocenters. The van der Waals surface area contributed by atoms with Gasteiger partial charge in [-0.2, -0.15) is 5.26 Å². The number of nitrogens with zero attached hydrogens (tertiary/aromatic N) is 1. The fraction of sp³-hybridized carbons (Fsp3) is 0.200. The number of rotatable bonds is 7. The standard InChI is InChI=1S/C20H20ClN3O4/c1-12-7-16(19(28-4)9-15(12)21)23-11-13(10-22)20(25)24-17-8-14(26-2)5-6-18(17)27-3/h5-9,11,23H,1-4H3,(H,24,25)/b13-11-. The van der Waals surface area contributed by atoms with Crippen LogP contribution in [0.2, 0.25) is 5.02 Å². The molecule has 0 aromatic heterocycles. The summed E-state index contributed by atoms with van der Waals surface area (Å²) in [4.78, 5) is 12.5. The summed E-state index contributed by atoms with van der Waals surface area (Å²) in [5, 5.41) is 15.5. The summed E-state index contributed by atoms with van der Waals surface area (Å²) in [6.45, 7) is 1.84. The zero-order valence-corrected chi connectivity index (χ0v) is 16.7. The quantitative estimate of drug-likeness (QED) is 0.535. The second-order valence-corrected chi connectivity index (χ2v) is 6.04. The van der Waals surface area contributed by atoms with E-state index in [2.05, 4.69) is 10.6 Å². The highest BCUT2D eigenvalue weighted by molar-refractivity contribution is 6.31. The van der Waals surface area contributed by atoms with Gasteiger partial charge in [0.1, 0.15) is 28.9 Å². The lowest BCUT2D eigenvalue weighted by Crippen LogP contribution is -2.15. The summed E-state index contributed by atoms with van der Waals surface area (Å²) in [7, 11) is 4.50. The summed E-state index contributed by atoms with van der Waals surface area (Å²) < 4.78 is 15.6. The van der Waals surface area contributed by atoms with Crippen LogP contribution in [0.1, 0.15) is 5.56 Å². The van der Waals surface area contributed by atoms with Crippen molar-refractivity contribution in [2.24, 2.45) is 0 Å². The Kier molecular flexibility index (Phi) is 7.13. The van der Waals surface area contributed by atoms with E-state index < -0.39 is 5.91 Å². The van der Waals surface area contributed by atoms with Gasteiger partial charge in [-0.1, -0.05) is 11.6 Å². The molecule has 0 aliphatic heterocycles. The third kappa shape index (κ3) is 4.87. The monoisotopic (exact) mass is 401 g/mol. The number of halogens is 1. The number of hydrogen-bond acceptors (Lipinski definition) is 6. The molecule has 2 aromatic carbocycles. The second kappa shape index (κ2) is 9.53. The van der Waals surface area contributed by atoms with Crippen LogP contribution in [0.25, 0.3) is 0 Å². The van der Waals surface area contributed by atoms with Crippen molar-refractivity contribution in [1.82, 2.24) is 0 Å². The number of hydrogen-bond donors (Lipinski definition) is 2. The third-order valence-electron chi connectivity index (χ3n) is 3.87. The number of amides is 1. The Labute approximate surface area is 168 Å². The second-order valence-electron chi connectivity index (χ2n) is 5.64. The van der Waals surface area contributed by atoms with Gasteiger partial charge < -0.3 is 24.8 Å². The average Bonchev–Trinajstić information content (AvgIpc) is 2.70.